The van der Waals surface area contributed by atoms with E-state index in [0.29, 0.717) is 21.6 Å². The van der Waals surface area contributed by atoms with E-state index < -0.39 is 16.9 Å². The molecule has 172 valence electrons. The number of nitro benzene ring substituents is 1. The van der Waals surface area contributed by atoms with Crippen LogP contribution in [0.25, 0.3) is 0 Å². The van der Waals surface area contributed by atoms with Gasteiger partial charge in [0.05, 0.1) is 38.0 Å². The van der Waals surface area contributed by atoms with Gasteiger partial charge < -0.3 is 15.2 Å². The molecule has 0 unspecified atom stereocenters. The number of carbonyl (C=O) groups excluding carboxylic acids is 2. The van der Waals surface area contributed by atoms with E-state index in [1.807, 2.05) is 0 Å². The normalized spacial score (nSPS) is 11.6. The second kappa shape index (κ2) is 10.6. The summed E-state index contributed by atoms with van der Waals surface area (Å²) < 4.78 is 1.66. The molecular weight excluding hydrogens is 491 g/mol. The van der Waals surface area contributed by atoms with Gasteiger partial charge in [0.15, 0.2) is 11.0 Å². The van der Waals surface area contributed by atoms with Crippen LogP contribution in [0.1, 0.15) is 29.1 Å². The van der Waals surface area contributed by atoms with Gasteiger partial charge in [-0.2, -0.15) is 0 Å². The van der Waals surface area contributed by atoms with Crippen LogP contribution < -0.4 is 10.6 Å². The molecule has 1 atom stereocenters. The highest BCUT2D eigenvalue weighted by Gasteiger charge is 2.20. The first-order valence-electron chi connectivity index (χ1n) is 9.48. The lowest BCUT2D eigenvalue weighted by Crippen LogP contribution is -2.28. The molecule has 0 aliphatic rings. The monoisotopic (exact) mass is 508 g/mol. The molecule has 0 saturated carbocycles. The van der Waals surface area contributed by atoms with Gasteiger partial charge in [-0.15, -0.1) is 10.2 Å². The van der Waals surface area contributed by atoms with Gasteiger partial charge in [0, 0.05) is 19.2 Å². The summed E-state index contributed by atoms with van der Waals surface area (Å²) in [6.45, 7) is 1.75. The van der Waals surface area contributed by atoms with E-state index in [1.54, 1.807) is 42.8 Å². The smallest absolute Gasteiger partial charge is 0.271 e. The van der Waals surface area contributed by atoms with Crippen LogP contribution in [0.5, 0.6) is 0 Å². The number of nitro groups is 1. The Hall–Kier alpha value is -3.15. The molecule has 3 aromatic rings. The zero-order valence-corrected chi connectivity index (χ0v) is 19.7. The maximum absolute atomic E-state index is 12.5. The molecule has 2 aromatic carbocycles. The predicted octanol–water partition coefficient (Wildman–Crippen LogP) is 4.25. The summed E-state index contributed by atoms with van der Waals surface area (Å²) in [5, 5.41) is 25.4. The molecular formula is C20H18Cl2N6O4S. The van der Waals surface area contributed by atoms with E-state index in [1.165, 1.54) is 18.2 Å². The molecule has 0 aliphatic heterocycles. The number of thioether (sulfide) groups is 1. The number of rotatable bonds is 8. The van der Waals surface area contributed by atoms with Gasteiger partial charge >= 0.3 is 0 Å². The fourth-order valence-electron chi connectivity index (χ4n) is 2.85. The number of amides is 2. The SMILES string of the molecule is C[C@H](NC(=O)c1ccccc1Cl)c1nnc(SCC(=O)Nc2cc([N+](=O)[O-])ccc2Cl)n1C. The average Bonchev–Trinajstić information content (AvgIpc) is 3.14. The second-order valence-corrected chi connectivity index (χ2v) is 8.59. The van der Waals surface area contributed by atoms with E-state index in [-0.39, 0.29) is 28.1 Å². The van der Waals surface area contributed by atoms with Crippen molar-refractivity contribution in [2.75, 3.05) is 11.1 Å². The standard InChI is InChI=1S/C20H18Cl2N6O4S/c1-11(23-19(30)13-5-3-4-6-14(13)21)18-25-26-20(27(18)2)33-10-17(29)24-16-9-12(28(31)32)7-8-15(16)22/h3-9,11H,10H2,1-2H3,(H,23,30)(H,24,29)/t11-/m0/s1. The Balaban J connectivity index is 1.61. The number of hydrogen-bond donors (Lipinski definition) is 2. The van der Waals surface area contributed by atoms with Crippen LogP contribution in [-0.4, -0.2) is 37.3 Å². The summed E-state index contributed by atoms with van der Waals surface area (Å²) in [5.74, 6) is -0.323. The first-order valence-corrected chi connectivity index (χ1v) is 11.2. The predicted molar refractivity (Wildman–Crippen MR) is 126 cm³/mol. The highest BCUT2D eigenvalue weighted by atomic mass is 35.5. The largest absolute Gasteiger partial charge is 0.342 e. The third-order valence-electron chi connectivity index (χ3n) is 4.49. The summed E-state index contributed by atoms with van der Waals surface area (Å²) >= 11 is 13.2. The molecule has 2 N–H and O–H groups in total. The molecule has 0 radical (unpaired) electrons. The van der Waals surface area contributed by atoms with Crippen molar-refractivity contribution in [1.29, 1.82) is 0 Å². The van der Waals surface area contributed by atoms with Gasteiger partial charge in [-0.1, -0.05) is 47.1 Å². The Labute approximate surface area is 202 Å². The molecule has 0 bridgehead atoms. The number of non-ortho nitro benzene ring substituents is 1. The molecule has 2 amide bonds. The van der Waals surface area contributed by atoms with E-state index >= 15 is 0 Å². The topological polar surface area (TPSA) is 132 Å². The Morgan fingerprint density at radius 2 is 1.91 bits per heavy atom. The Morgan fingerprint density at radius 1 is 1.18 bits per heavy atom. The van der Waals surface area contributed by atoms with Crippen molar-refractivity contribution in [3.8, 4) is 0 Å². The van der Waals surface area contributed by atoms with Crippen LogP contribution >= 0.6 is 35.0 Å². The molecule has 3 rings (SSSR count). The number of nitrogens with one attached hydrogen (secondary N) is 2. The number of aromatic nitrogens is 3. The van der Waals surface area contributed by atoms with Crippen molar-refractivity contribution < 1.29 is 14.5 Å². The maximum atomic E-state index is 12.5. The van der Waals surface area contributed by atoms with Crippen LogP contribution in [0, 0.1) is 10.1 Å². The first-order chi connectivity index (χ1) is 15.7. The van der Waals surface area contributed by atoms with Crippen LogP contribution in [0.2, 0.25) is 10.0 Å². The van der Waals surface area contributed by atoms with Crippen LogP contribution in [0.3, 0.4) is 0 Å². The lowest BCUT2D eigenvalue weighted by molar-refractivity contribution is -0.384. The summed E-state index contributed by atoms with van der Waals surface area (Å²) in [5.41, 5.74) is 0.304. The molecule has 0 spiro atoms. The van der Waals surface area contributed by atoms with E-state index in [4.69, 9.17) is 23.2 Å². The third-order valence-corrected chi connectivity index (χ3v) is 6.17. The molecule has 1 aromatic heterocycles. The fourth-order valence-corrected chi connectivity index (χ4v) is 3.96. The lowest BCUT2D eigenvalue weighted by atomic mass is 10.2. The summed E-state index contributed by atoms with van der Waals surface area (Å²) in [6.07, 6.45) is 0. The van der Waals surface area contributed by atoms with Crippen LogP contribution in [0.15, 0.2) is 47.6 Å². The van der Waals surface area contributed by atoms with E-state index in [9.17, 15) is 19.7 Å². The number of hydrogen-bond acceptors (Lipinski definition) is 7. The maximum Gasteiger partial charge on any atom is 0.271 e. The number of halogens is 2. The molecule has 1 heterocycles. The van der Waals surface area contributed by atoms with Gasteiger partial charge in [-0.3, -0.25) is 19.7 Å². The van der Waals surface area contributed by atoms with E-state index in [0.717, 1.165) is 11.8 Å². The molecule has 10 nitrogen and oxygen atoms in total. The van der Waals surface area contributed by atoms with Gasteiger partial charge in [0.2, 0.25) is 5.91 Å². The third kappa shape index (κ3) is 6.01. The van der Waals surface area contributed by atoms with Crippen molar-refractivity contribution in [3.05, 3.63) is 74.0 Å². The quantitative estimate of drug-likeness (QED) is 0.264. The van der Waals surface area contributed by atoms with Gasteiger partial charge in [-0.25, -0.2) is 0 Å². The number of carbonyl (C=O) groups is 2. The van der Waals surface area contributed by atoms with Gasteiger partial charge in [0.1, 0.15) is 0 Å². The van der Waals surface area contributed by atoms with Crippen LogP contribution in [-0.2, 0) is 11.8 Å². The number of anilines is 1. The molecule has 0 aliphatic carbocycles. The summed E-state index contributed by atoms with van der Waals surface area (Å²) in [4.78, 5) is 35.1. The Kier molecular flexibility index (Phi) is 7.90. The van der Waals surface area contributed by atoms with E-state index in [2.05, 4.69) is 20.8 Å². The minimum Gasteiger partial charge on any atom is -0.342 e. The summed E-state index contributed by atoms with van der Waals surface area (Å²) in [7, 11) is 1.71. The minimum atomic E-state index is -0.576. The summed E-state index contributed by atoms with van der Waals surface area (Å²) in [6, 6.07) is 10.0. The minimum absolute atomic E-state index is 0.0364. The van der Waals surface area contributed by atoms with Gasteiger partial charge in [-0.05, 0) is 25.1 Å². The number of benzene rings is 2. The lowest BCUT2D eigenvalue weighted by Gasteiger charge is -2.14. The van der Waals surface area contributed by atoms with Crippen LogP contribution in [0.4, 0.5) is 11.4 Å². The van der Waals surface area contributed by atoms with Gasteiger partial charge in [0.25, 0.3) is 11.6 Å². The van der Waals surface area contributed by atoms with Crippen molar-refractivity contribution in [2.45, 2.75) is 18.1 Å². The highest BCUT2D eigenvalue weighted by Crippen LogP contribution is 2.27. The van der Waals surface area contributed by atoms with Crippen molar-refractivity contribution >= 4 is 58.2 Å². The first kappa shape index (κ1) is 24.5. The molecule has 0 saturated heterocycles. The second-order valence-electron chi connectivity index (χ2n) is 6.83. The Bertz CT molecular complexity index is 1220. The molecule has 0 fully saturated rings. The number of nitrogens with zero attached hydrogens (tertiary/aromatic N) is 4. The van der Waals surface area contributed by atoms with Crippen molar-refractivity contribution in [3.63, 3.8) is 0 Å². The molecule has 33 heavy (non-hydrogen) atoms. The zero-order chi connectivity index (χ0) is 24.1. The zero-order valence-electron chi connectivity index (χ0n) is 17.4. The molecule has 13 heteroatoms. The Morgan fingerprint density at radius 3 is 2.61 bits per heavy atom. The highest BCUT2D eigenvalue weighted by molar-refractivity contribution is 7.99. The van der Waals surface area contributed by atoms with Crippen molar-refractivity contribution in [2.24, 2.45) is 7.05 Å². The average molecular weight is 509 g/mol. The van der Waals surface area contributed by atoms with Crippen molar-refractivity contribution in [1.82, 2.24) is 20.1 Å². The fraction of sp³-hybridized carbons (Fsp3) is 0.200.